The molecule has 2 aromatic rings. The van der Waals surface area contributed by atoms with Crippen LogP contribution in [-0.2, 0) is 0 Å². The first-order valence-corrected chi connectivity index (χ1v) is 6.99. The highest BCUT2D eigenvalue weighted by Crippen LogP contribution is 2.29. The topological polar surface area (TPSA) is 20.2 Å². The predicted molar refractivity (Wildman–Crippen MR) is 73.2 cm³/mol. The smallest absolute Gasteiger partial charge is 0.194 e. The zero-order chi connectivity index (χ0) is 14.7. The summed E-state index contributed by atoms with van der Waals surface area (Å²) >= 11 is 1.34. The number of rotatable bonds is 4. The normalized spacial score (nSPS) is 12.4. The van der Waals surface area contributed by atoms with Crippen molar-refractivity contribution in [2.24, 2.45) is 0 Å². The second kappa shape index (κ2) is 6.33. The molecule has 2 rings (SSSR count). The van der Waals surface area contributed by atoms with E-state index in [2.05, 4.69) is 0 Å². The highest BCUT2D eigenvalue weighted by Gasteiger charge is 2.19. The molecule has 20 heavy (non-hydrogen) atoms. The Kier molecular flexibility index (Phi) is 4.73. The van der Waals surface area contributed by atoms with Gasteiger partial charge in [0.05, 0.1) is 6.10 Å². The van der Waals surface area contributed by atoms with Crippen LogP contribution in [0, 0.1) is 24.4 Å². The van der Waals surface area contributed by atoms with Crippen LogP contribution in [0.3, 0.4) is 0 Å². The average molecular weight is 298 g/mol. The minimum absolute atomic E-state index is 0.160. The molecule has 0 saturated heterocycles. The zero-order valence-corrected chi connectivity index (χ0v) is 11.6. The Bertz CT molecular complexity index is 616. The van der Waals surface area contributed by atoms with Crippen molar-refractivity contribution in [3.05, 3.63) is 65.0 Å². The number of halogens is 3. The predicted octanol–water partition coefficient (Wildman–Crippen LogP) is 4.24. The fourth-order valence-corrected chi connectivity index (χ4v) is 2.76. The van der Waals surface area contributed by atoms with E-state index in [4.69, 9.17) is 0 Å². The SMILES string of the molecule is Cc1ccccc1SCC(O)c1ccc(F)c(F)c1F. The summed E-state index contributed by atoms with van der Waals surface area (Å²) in [5, 5.41) is 9.92. The third-order valence-corrected chi connectivity index (χ3v) is 4.17. The molecule has 0 bridgehead atoms. The van der Waals surface area contributed by atoms with Gasteiger partial charge in [-0.05, 0) is 24.6 Å². The maximum absolute atomic E-state index is 13.5. The van der Waals surface area contributed by atoms with Gasteiger partial charge in [-0.15, -0.1) is 11.8 Å². The summed E-state index contributed by atoms with van der Waals surface area (Å²) in [7, 11) is 0. The molecular formula is C15H13F3OS. The van der Waals surface area contributed by atoms with Gasteiger partial charge in [0.25, 0.3) is 0 Å². The molecule has 0 heterocycles. The molecule has 1 N–H and O–H groups in total. The van der Waals surface area contributed by atoms with Gasteiger partial charge < -0.3 is 5.11 Å². The molecule has 0 spiro atoms. The molecule has 0 aromatic heterocycles. The van der Waals surface area contributed by atoms with Gasteiger partial charge in [0, 0.05) is 16.2 Å². The third kappa shape index (κ3) is 3.16. The number of aryl methyl sites for hydroxylation is 1. The van der Waals surface area contributed by atoms with Crippen molar-refractivity contribution in [3.63, 3.8) is 0 Å². The van der Waals surface area contributed by atoms with Gasteiger partial charge in [0.2, 0.25) is 0 Å². The highest BCUT2D eigenvalue weighted by molar-refractivity contribution is 7.99. The van der Waals surface area contributed by atoms with E-state index in [1.807, 2.05) is 31.2 Å². The van der Waals surface area contributed by atoms with Crippen LogP contribution in [-0.4, -0.2) is 10.9 Å². The van der Waals surface area contributed by atoms with Gasteiger partial charge in [0.1, 0.15) is 0 Å². The van der Waals surface area contributed by atoms with Gasteiger partial charge in [-0.25, -0.2) is 13.2 Å². The summed E-state index contributed by atoms with van der Waals surface area (Å²) in [6.07, 6.45) is -1.20. The average Bonchev–Trinajstić information content (AvgIpc) is 2.44. The summed E-state index contributed by atoms with van der Waals surface area (Å²) < 4.78 is 39.5. The minimum atomic E-state index is -1.55. The molecule has 0 radical (unpaired) electrons. The molecule has 0 aliphatic heterocycles. The van der Waals surface area contributed by atoms with E-state index in [1.165, 1.54) is 11.8 Å². The van der Waals surface area contributed by atoms with Crippen molar-refractivity contribution in [1.29, 1.82) is 0 Å². The van der Waals surface area contributed by atoms with E-state index in [0.29, 0.717) is 0 Å². The number of benzene rings is 2. The van der Waals surface area contributed by atoms with Crippen molar-refractivity contribution in [1.82, 2.24) is 0 Å². The number of aliphatic hydroxyl groups excluding tert-OH is 1. The summed E-state index contributed by atoms with van der Waals surface area (Å²) in [6.45, 7) is 1.92. The Hall–Kier alpha value is -1.46. The van der Waals surface area contributed by atoms with Crippen LogP contribution >= 0.6 is 11.8 Å². The van der Waals surface area contributed by atoms with Gasteiger partial charge >= 0.3 is 0 Å². The highest BCUT2D eigenvalue weighted by atomic mass is 32.2. The lowest BCUT2D eigenvalue weighted by molar-refractivity contribution is 0.197. The first-order valence-electron chi connectivity index (χ1n) is 6.00. The van der Waals surface area contributed by atoms with Gasteiger partial charge in [-0.2, -0.15) is 0 Å². The van der Waals surface area contributed by atoms with Crippen LogP contribution in [0.25, 0.3) is 0 Å². The largest absolute Gasteiger partial charge is 0.387 e. The zero-order valence-electron chi connectivity index (χ0n) is 10.7. The Labute approximate surface area is 119 Å². The van der Waals surface area contributed by atoms with E-state index in [9.17, 15) is 18.3 Å². The Balaban J connectivity index is 2.11. The molecule has 5 heteroatoms. The summed E-state index contributed by atoms with van der Waals surface area (Å²) in [5.74, 6) is -3.98. The molecule has 0 saturated carbocycles. The van der Waals surface area contributed by atoms with E-state index >= 15 is 0 Å². The third-order valence-electron chi connectivity index (χ3n) is 2.91. The quantitative estimate of drug-likeness (QED) is 0.673. The second-order valence-corrected chi connectivity index (χ2v) is 5.42. The van der Waals surface area contributed by atoms with Crippen LogP contribution < -0.4 is 0 Å². The Morgan fingerprint density at radius 1 is 1.05 bits per heavy atom. The maximum atomic E-state index is 13.5. The van der Waals surface area contributed by atoms with Crippen molar-refractivity contribution >= 4 is 11.8 Å². The molecule has 0 aliphatic rings. The summed E-state index contributed by atoms with van der Waals surface area (Å²) in [6, 6.07) is 9.44. The molecule has 106 valence electrons. The first-order chi connectivity index (χ1) is 9.50. The molecule has 0 fully saturated rings. The number of thioether (sulfide) groups is 1. The van der Waals surface area contributed by atoms with Crippen LogP contribution in [0.15, 0.2) is 41.3 Å². The molecule has 0 amide bonds. The van der Waals surface area contributed by atoms with Crippen LogP contribution in [0.1, 0.15) is 17.2 Å². The maximum Gasteiger partial charge on any atom is 0.194 e. The van der Waals surface area contributed by atoms with Crippen molar-refractivity contribution in [2.45, 2.75) is 17.9 Å². The Morgan fingerprint density at radius 2 is 1.75 bits per heavy atom. The minimum Gasteiger partial charge on any atom is -0.387 e. The molecule has 0 aliphatic carbocycles. The fourth-order valence-electron chi connectivity index (χ4n) is 1.78. The monoisotopic (exact) mass is 298 g/mol. The standard InChI is InChI=1S/C15H13F3OS/c1-9-4-2-3-5-13(9)20-8-12(19)10-6-7-11(16)15(18)14(10)17/h2-7,12,19H,8H2,1H3. The first kappa shape index (κ1) is 14.9. The lowest BCUT2D eigenvalue weighted by atomic mass is 10.1. The second-order valence-electron chi connectivity index (χ2n) is 4.36. The lowest BCUT2D eigenvalue weighted by Crippen LogP contribution is -2.06. The van der Waals surface area contributed by atoms with Crippen molar-refractivity contribution in [3.8, 4) is 0 Å². The number of hydrogen-bond donors (Lipinski definition) is 1. The van der Waals surface area contributed by atoms with E-state index in [0.717, 1.165) is 22.6 Å². The van der Waals surface area contributed by atoms with Crippen LogP contribution in [0.2, 0.25) is 0 Å². The van der Waals surface area contributed by atoms with E-state index in [-0.39, 0.29) is 11.3 Å². The lowest BCUT2D eigenvalue weighted by Gasteiger charge is -2.13. The summed E-state index contributed by atoms with van der Waals surface area (Å²) in [5.41, 5.74) is 0.806. The van der Waals surface area contributed by atoms with Crippen LogP contribution in [0.4, 0.5) is 13.2 Å². The summed E-state index contributed by atoms with van der Waals surface area (Å²) in [4.78, 5) is 0.953. The van der Waals surface area contributed by atoms with Crippen molar-refractivity contribution < 1.29 is 18.3 Å². The fraction of sp³-hybridized carbons (Fsp3) is 0.200. The number of hydrogen-bond acceptors (Lipinski definition) is 2. The van der Waals surface area contributed by atoms with Gasteiger partial charge in [0.15, 0.2) is 17.5 Å². The molecule has 1 nitrogen and oxygen atoms in total. The van der Waals surface area contributed by atoms with Gasteiger partial charge in [-0.3, -0.25) is 0 Å². The van der Waals surface area contributed by atoms with Crippen molar-refractivity contribution in [2.75, 3.05) is 5.75 Å². The van der Waals surface area contributed by atoms with Crippen LogP contribution in [0.5, 0.6) is 0 Å². The van der Waals surface area contributed by atoms with Gasteiger partial charge in [-0.1, -0.05) is 24.3 Å². The molecular weight excluding hydrogens is 285 g/mol. The molecule has 1 unspecified atom stereocenters. The van der Waals surface area contributed by atoms with E-state index in [1.54, 1.807) is 0 Å². The molecule has 2 aromatic carbocycles. The number of aliphatic hydroxyl groups is 1. The van der Waals surface area contributed by atoms with E-state index < -0.39 is 23.6 Å². The molecule has 1 atom stereocenters. The Morgan fingerprint density at radius 3 is 2.45 bits per heavy atom.